The van der Waals surface area contributed by atoms with Crippen LogP contribution in [0.1, 0.15) is 32.3 Å². The number of carbonyl (C=O) groups is 1. The van der Waals surface area contributed by atoms with Crippen molar-refractivity contribution < 1.29 is 4.79 Å². The Bertz CT molecular complexity index is 364. The summed E-state index contributed by atoms with van der Waals surface area (Å²) in [6, 6.07) is 2.12. The molecule has 2 rings (SSSR count). The molecule has 1 saturated heterocycles. The van der Waals surface area contributed by atoms with Crippen molar-refractivity contribution in [3.05, 3.63) is 22.4 Å². The average molecular weight is 251 g/mol. The van der Waals surface area contributed by atoms with Crippen LogP contribution in [-0.2, 0) is 11.2 Å². The van der Waals surface area contributed by atoms with Crippen LogP contribution >= 0.6 is 11.3 Å². The third-order valence-electron chi connectivity index (χ3n) is 4.07. The molecule has 1 aromatic heterocycles. The number of hydrogen-bond donors (Lipinski definition) is 1. The minimum absolute atomic E-state index is 0.101. The highest BCUT2D eigenvalue weighted by molar-refractivity contribution is 7.07. The van der Waals surface area contributed by atoms with Crippen LogP contribution in [0, 0.1) is 11.3 Å². The van der Waals surface area contributed by atoms with E-state index in [0.717, 1.165) is 25.9 Å². The Morgan fingerprint density at radius 3 is 2.94 bits per heavy atom. The van der Waals surface area contributed by atoms with E-state index in [9.17, 15) is 4.79 Å². The maximum Gasteiger partial charge on any atom is 0.140 e. The van der Waals surface area contributed by atoms with Crippen LogP contribution in [0.3, 0.4) is 0 Å². The molecule has 3 heteroatoms. The summed E-state index contributed by atoms with van der Waals surface area (Å²) in [6.45, 7) is 6.21. The molecule has 1 fully saturated rings. The topological polar surface area (TPSA) is 29.1 Å². The minimum atomic E-state index is -0.101. The number of carbonyl (C=O) groups excluding carboxylic acids is 1. The van der Waals surface area contributed by atoms with E-state index in [2.05, 4.69) is 36.0 Å². The van der Waals surface area contributed by atoms with Gasteiger partial charge in [0.15, 0.2) is 0 Å². The first-order valence-corrected chi connectivity index (χ1v) is 7.34. The molecule has 17 heavy (non-hydrogen) atoms. The summed E-state index contributed by atoms with van der Waals surface area (Å²) in [5.74, 6) is 0.885. The number of rotatable bonds is 5. The highest BCUT2D eigenvalue weighted by Gasteiger charge is 2.42. The number of thiophene rings is 1. The zero-order chi connectivity index (χ0) is 12.3. The van der Waals surface area contributed by atoms with E-state index in [0.29, 0.717) is 18.1 Å². The molecule has 0 aromatic carbocycles. The molecule has 1 aliphatic heterocycles. The minimum Gasteiger partial charge on any atom is -0.316 e. The quantitative estimate of drug-likeness (QED) is 0.872. The summed E-state index contributed by atoms with van der Waals surface area (Å²) in [4.78, 5) is 12.5. The predicted octanol–water partition coefficient (Wildman–Crippen LogP) is 2.89. The van der Waals surface area contributed by atoms with Crippen molar-refractivity contribution in [2.24, 2.45) is 11.3 Å². The van der Waals surface area contributed by atoms with Crippen molar-refractivity contribution in [3.63, 3.8) is 0 Å². The summed E-state index contributed by atoms with van der Waals surface area (Å²) in [5, 5.41) is 7.57. The summed E-state index contributed by atoms with van der Waals surface area (Å²) in [7, 11) is 0. The summed E-state index contributed by atoms with van der Waals surface area (Å²) in [6.07, 6.45) is 2.60. The second-order valence-corrected chi connectivity index (χ2v) is 6.07. The Morgan fingerprint density at radius 1 is 1.59 bits per heavy atom. The van der Waals surface area contributed by atoms with Crippen molar-refractivity contribution in [1.82, 2.24) is 5.32 Å². The van der Waals surface area contributed by atoms with Crippen LogP contribution < -0.4 is 5.32 Å². The first kappa shape index (κ1) is 12.8. The Balaban J connectivity index is 1.98. The van der Waals surface area contributed by atoms with Crippen molar-refractivity contribution in [1.29, 1.82) is 0 Å². The normalized spacial score (nSPS) is 24.4. The first-order valence-electron chi connectivity index (χ1n) is 6.40. The molecule has 2 nitrogen and oxygen atoms in total. The van der Waals surface area contributed by atoms with E-state index in [4.69, 9.17) is 0 Å². The highest BCUT2D eigenvalue weighted by Crippen LogP contribution is 2.36. The van der Waals surface area contributed by atoms with Crippen LogP contribution in [0.4, 0.5) is 0 Å². The second-order valence-electron chi connectivity index (χ2n) is 5.29. The lowest BCUT2D eigenvalue weighted by molar-refractivity contribution is -0.130. The van der Waals surface area contributed by atoms with Crippen molar-refractivity contribution in [2.45, 2.75) is 33.1 Å². The van der Waals surface area contributed by atoms with Gasteiger partial charge in [-0.15, -0.1) is 0 Å². The molecule has 94 valence electrons. The molecule has 0 aliphatic carbocycles. The molecule has 0 amide bonds. The largest absolute Gasteiger partial charge is 0.316 e. The Morgan fingerprint density at radius 2 is 2.41 bits per heavy atom. The van der Waals surface area contributed by atoms with Gasteiger partial charge in [0, 0.05) is 18.4 Å². The van der Waals surface area contributed by atoms with E-state index in [1.54, 1.807) is 11.3 Å². The van der Waals surface area contributed by atoms with Gasteiger partial charge >= 0.3 is 0 Å². The molecule has 1 aromatic rings. The predicted molar refractivity (Wildman–Crippen MR) is 72.4 cm³/mol. The molecule has 1 aliphatic rings. The van der Waals surface area contributed by atoms with Crippen LogP contribution in [0.15, 0.2) is 16.8 Å². The number of nitrogens with one attached hydrogen (secondary N) is 1. The van der Waals surface area contributed by atoms with Crippen molar-refractivity contribution >= 4 is 17.1 Å². The zero-order valence-electron chi connectivity index (χ0n) is 10.7. The van der Waals surface area contributed by atoms with E-state index < -0.39 is 0 Å². The summed E-state index contributed by atoms with van der Waals surface area (Å²) in [5.41, 5.74) is 1.20. The highest BCUT2D eigenvalue weighted by atomic mass is 32.1. The lowest BCUT2D eigenvalue weighted by Crippen LogP contribution is -2.38. The molecule has 0 radical (unpaired) electrons. The number of ketones is 1. The van der Waals surface area contributed by atoms with Gasteiger partial charge in [-0.25, -0.2) is 0 Å². The van der Waals surface area contributed by atoms with Gasteiger partial charge in [0.05, 0.1) is 0 Å². The van der Waals surface area contributed by atoms with Gasteiger partial charge in [-0.05, 0) is 47.7 Å². The lowest BCUT2D eigenvalue weighted by Gasteiger charge is -2.31. The number of aryl methyl sites for hydroxylation is 1. The fourth-order valence-electron chi connectivity index (χ4n) is 2.71. The Hall–Kier alpha value is -0.670. The van der Waals surface area contributed by atoms with Crippen LogP contribution in [-0.4, -0.2) is 18.9 Å². The van der Waals surface area contributed by atoms with Gasteiger partial charge in [0.25, 0.3) is 0 Å². The van der Waals surface area contributed by atoms with E-state index in [-0.39, 0.29) is 5.41 Å². The Labute approximate surface area is 107 Å². The first-order chi connectivity index (χ1) is 8.15. The molecular weight excluding hydrogens is 230 g/mol. The maximum absolute atomic E-state index is 12.5. The standard InChI is InChI=1S/C14H21NOS/c1-11(2)14(6-7-15-10-14)13(16)4-3-12-5-8-17-9-12/h5,8-9,11,15H,3-4,6-7,10H2,1-2H3. The van der Waals surface area contributed by atoms with E-state index >= 15 is 0 Å². The van der Waals surface area contributed by atoms with Crippen molar-refractivity contribution in [3.8, 4) is 0 Å². The number of Topliss-reactive ketones (excluding diaryl/α,β-unsaturated/α-hetero) is 1. The monoisotopic (exact) mass is 251 g/mol. The molecule has 1 N–H and O–H groups in total. The van der Waals surface area contributed by atoms with E-state index in [1.807, 2.05) is 0 Å². The fourth-order valence-corrected chi connectivity index (χ4v) is 3.41. The summed E-state index contributed by atoms with van der Waals surface area (Å²) < 4.78 is 0. The molecule has 1 unspecified atom stereocenters. The number of hydrogen-bond acceptors (Lipinski definition) is 3. The van der Waals surface area contributed by atoms with Crippen LogP contribution in [0.5, 0.6) is 0 Å². The molecular formula is C14H21NOS. The third kappa shape index (κ3) is 2.61. The summed E-state index contributed by atoms with van der Waals surface area (Å²) >= 11 is 1.71. The maximum atomic E-state index is 12.5. The molecule has 0 bridgehead atoms. The third-order valence-corrected chi connectivity index (χ3v) is 4.80. The van der Waals surface area contributed by atoms with Gasteiger partial charge in [0.1, 0.15) is 5.78 Å². The molecule has 2 heterocycles. The smallest absolute Gasteiger partial charge is 0.140 e. The van der Waals surface area contributed by atoms with Gasteiger partial charge in [0.2, 0.25) is 0 Å². The Kier molecular flexibility index (Phi) is 4.00. The lowest BCUT2D eigenvalue weighted by atomic mass is 9.71. The van der Waals surface area contributed by atoms with E-state index in [1.165, 1.54) is 5.56 Å². The zero-order valence-corrected chi connectivity index (χ0v) is 11.5. The van der Waals surface area contributed by atoms with Crippen LogP contribution in [0.25, 0.3) is 0 Å². The second kappa shape index (κ2) is 5.32. The average Bonchev–Trinajstić information content (AvgIpc) is 2.97. The molecule has 0 spiro atoms. The fraction of sp³-hybridized carbons (Fsp3) is 0.643. The van der Waals surface area contributed by atoms with Crippen LogP contribution in [0.2, 0.25) is 0 Å². The van der Waals surface area contributed by atoms with Gasteiger partial charge < -0.3 is 5.32 Å². The molecule has 0 saturated carbocycles. The SMILES string of the molecule is CC(C)C1(C(=O)CCc2ccsc2)CCNC1. The molecule has 1 atom stereocenters. The van der Waals surface area contributed by atoms with Gasteiger partial charge in [-0.2, -0.15) is 11.3 Å². The van der Waals surface area contributed by atoms with Gasteiger partial charge in [-0.3, -0.25) is 4.79 Å². The van der Waals surface area contributed by atoms with Gasteiger partial charge in [-0.1, -0.05) is 13.8 Å². The van der Waals surface area contributed by atoms with Crippen molar-refractivity contribution in [2.75, 3.05) is 13.1 Å².